The Morgan fingerprint density at radius 2 is 1.82 bits per heavy atom. The predicted molar refractivity (Wildman–Crippen MR) is 154 cm³/mol. The summed E-state index contributed by atoms with van der Waals surface area (Å²) in [7, 11) is 0. The van der Waals surface area contributed by atoms with Gasteiger partial charge in [-0.3, -0.25) is 14.4 Å². The van der Waals surface area contributed by atoms with E-state index in [0.29, 0.717) is 45.7 Å². The van der Waals surface area contributed by atoms with Crippen molar-refractivity contribution in [3.8, 4) is 17.0 Å². The number of β-amino-alcohol motifs (C(OH)–C–C–N with tert-alkyl or cyclic N) is 1. The number of anilines is 1. The van der Waals surface area contributed by atoms with Crippen LogP contribution in [0.5, 0.6) is 5.75 Å². The molecule has 0 aliphatic carbocycles. The maximum absolute atomic E-state index is 14.6. The molecule has 0 bridgehead atoms. The van der Waals surface area contributed by atoms with Crippen LogP contribution >= 0.6 is 11.6 Å². The maximum Gasteiger partial charge on any atom is 0.291 e. The number of carbonyl (C=O) groups excluding carboxylic acids is 3. The fourth-order valence-corrected chi connectivity index (χ4v) is 5.60. The van der Waals surface area contributed by atoms with Gasteiger partial charge in [0, 0.05) is 56.2 Å². The molecule has 2 atom stereocenters. The van der Waals surface area contributed by atoms with Crippen LogP contribution in [0.1, 0.15) is 33.1 Å². The normalized spacial score (nSPS) is 18.7. The van der Waals surface area contributed by atoms with Gasteiger partial charge in [0.2, 0.25) is 18.6 Å². The topological polar surface area (TPSA) is 140 Å². The molecule has 2 aromatic carbocycles. The first-order chi connectivity index (χ1) is 21.1. The molecule has 0 radical (unpaired) electrons. The Morgan fingerprint density at radius 3 is 2.50 bits per heavy atom. The van der Waals surface area contributed by atoms with Crippen molar-refractivity contribution in [2.24, 2.45) is 5.92 Å². The number of ether oxygens (including phenoxy) is 1. The summed E-state index contributed by atoms with van der Waals surface area (Å²) in [5, 5.41) is 15.6. The molecule has 1 aromatic heterocycles. The predicted octanol–water partition coefficient (Wildman–Crippen LogP) is 3.13. The molecule has 2 aliphatic rings. The number of hydrogen-bond acceptors (Lipinski definition) is 7. The number of piperazine rings is 1. The maximum atomic E-state index is 14.6. The number of benzene rings is 2. The van der Waals surface area contributed by atoms with E-state index in [1.54, 1.807) is 9.80 Å². The monoisotopic (exact) mass is 634 g/mol. The number of rotatable bonds is 7. The van der Waals surface area contributed by atoms with E-state index < -0.39 is 36.3 Å². The Kier molecular flexibility index (Phi) is 9.42. The fraction of sp³-hybridized carbons (Fsp3) is 0.379. The van der Waals surface area contributed by atoms with Gasteiger partial charge >= 0.3 is 0 Å². The Morgan fingerprint density at radius 1 is 1.09 bits per heavy atom. The molecule has 0 saturated carbocycles. The van der Waals surface area contributed by atoms with Gasteiger partial charge in [-0.15, -0.1) is 0 Å². The van der Waals surface area contributed by atoms with Crippen molar-refractivity contribution in [3.63, 3.8) is 0 Å². The van der Waals surface area contributed by atoms with Crippen molar-refractivity contribution in [2.45, 2.75) is 19.4 Å². The molecule has 3 aromatic rings. The van der Waals surface area contributed by atoms with E-state index in [2.05, 4.69) is 25.3 Å². The van der Waals surface area contributed by atoms with Crippen LogP contribution in [-0.2, 0) is 4.79 Å². The van der Waals surface area contributed by atoms with E-state index >= 15 is 0 Å². The molecule has 15 heteroatoms. The number of aliphatic hydroxyl groups is 1. The van der Waals surface area contributed by atoms with Crippen molar-refractivity contribution < 1.29 is 37.4 Å². The number of aryl methyl sites for hydroxylation is 1. The molecule has 2 fully saturated rings. The van der Waals surface area contributed by atoms with Crippen LogP contribution in [0, 0.1) is 24.5 Å². The van der Waals surface area contributed by atoms with Gasteiger partial charge in [0.1, 0.15) is 0 Å². The summed E-state index contributed by atoms with van der Waals surface area (Å²) >= 11 is 6.42. The van der Waals surface area contributed by atoms with Crippen LogP contribution in [0.15, 0.2) is 30.3 Å². The second-order valence-electron chi connectivity index (χ2n) is 10.6. The number of aliphatic hydroxyl groups excluding tert-OH is 1. The zero-order valence-electron chi connectivity index (χ0n) is 23.6. The summed E-state index contributed by atoms with van der Waals surface area (Å²) in [6.45, 7) is 2.53. The molecule has 4 N–H and O–H groups in total. The molecule has 11 nitrogen and oxygen atoms in total. The van der Waals surface area contributed by atoms with E-state index in [0.717, 1.165) is 6.07 Å². The average Bonchev–Trinajstić information content (AvgIpc) is 3.40. The summed E-state index contributed by atoms with van der Waals surface area (Å²) in [4.78, 5) is 49.1. The second kappa shape index (κ2) is 13.2. The second-order valence-corrected chi connectivity index (χ2v) is 11.0. The average molecular weight is 635 g/mol. The van der Waals surface area contributed by atoms with E-state index in [1.165, 1.54) is 31.2 Å². The number of nitrogens with one attached hydrogen (secondary N) is 3. The molecule has 3 heterocycles. The number of aromatic nitrogens is 2. The van der Waals surface area contributed by atoms with Crippen LogP contribution in [0.4, 0.5) is 18.9 Å². The highest BCUT2D eigenvalue weighted by atomic mass is 35.5. The third-order valence-electron chi connectivity index (χ3n) is 7.62. The van der Waals surface area contributed by atoms with Crippen LogP contribution in [0.2, 0.25) is 5.02 Å². The third-order valence-corrected chi connectivity index (χ3v) is 7.94. The van der Waals surface area contributed by atoms with E-state index in [-0.39, 0.29) is 56.8 Å². The summed E-state index contributed by atoms with van der Waals surface area (Å²) in [5.74, 6) is -4.83. The standard InChI is InChI=1S/C29H30ClF3N6O5/c1-15-25(20-4-5-22(44-14-31)24(33)23(20)32)37-26(35-15)27(41)36-17-2-3-19(21(30)11-17)29(43)39-8-6-38(7-9-39)28(42)16-10-18(40)13-34-12-16/h2-5,11,16,18,34,40H,6-10,12-14H2,1H3,(H,35,37)(H,36,41). The first kappa shape index (κ1) is 31.3. The van der Waals surface area contributed by atoms with E-state index in [4.69, 9.17) is 11.6 Å². The highest BCUT2D eigenvalue weighted by Crippen LogP contribution is 2.31. The van der Waals surface area contributed by atoms with Gasteiger partial charge in [-0.05, 0) is 43.7 Å². The quantitative estimate of drug-likeness (QED) is 0.313. The highest BCUT2D eigenvalue weighted by molar-refractivity contribution is 6.34. The minimum absolute atomic E-state index is 0.0212. The highest BCUT2D eigenvalue weighted by Gasteiger charge is 2.32. The smallest absolute Gasteiger partial charge is 0.291 e. The SMILES string of the molecule is Cc1[nH]c(C(=O)Nc2ccc(C(=O)N3CCN(C(=O)C4CNCC(O)C4)CC3)c(Cl)c2)nc1-c1ccc(OCF)c(F)c1F. The molecule has 5 rings (SSSR count). The lowest BCUT2D eigenvalue weighted by molar-refractivity contribution is -0.138. The Balaban J connectivity index is 1.21. The number of H-pyrrole nitrogens is 1. The number of halogens is 4. The lowest BCUT2D eigenvalue weighted by Gasteiger charge is -2.37. The fourth-order valence-electron chi connectivity index (χ4n) is 5.34. The molecule has 2 unspecified atom stereocenters. The van der Waals surface area contributed by atoms with Gasteiger partial charge in [0.15, 0.2) is 17.4 Å². The Labute approximate surface area is 255 Å². The number of piperidine rings is 1. The van der Waals surface area contributed by atoms with Crippen molar-refractivity contribution >= 4 is 35.0 Å². The first-order valence-corrected chi connectivity index (χ1v) is 14.3. The number of carbonyl (C=O) groups is 3. The van der Waals surface area contributed by atoms with Crippen LogP contribution in [-0.4, -0.2) is 94.8 Å². The third kappa shape index (κ3) is 6.51. The molecule has 0 spiro atoms. The molecule has 2 aliphatic heterocycles. The molecular weight excluding hydrogens is 605 g/mol. The number of amides is 3. The van der Waals surface area contributed by atoms with Gasteiger partial charge < -0.3 is 35.3 Å². The zero-order chi connectivity index (χ0) is 31.5. The molecule has 234 valence electrons. The molecule has 44 heavy (non-hydrogen) atoms. The van der Waals surface area contributed by atoms with Crippen LogP contribution < -0.4 is 15.4 Å². The van der Waals surface area contributed by atoms with Crippen molar-refractivity contribution in [3.05, 3.63) is 64.1 Å². The van der Waals surface area contributed by atoms with Gasteiger partial charge in [-0.2, -0.15) is 4.39 Å². The first-order valence-electron chi connectivity index (χ1n) is 13.9. The lowest BCUT2D eigenvalue weighted by atomic mass is 9.96. The molecular formula is C29H30ClF3N6O5. The minimum Gasteiger partial charge on any atom is -0.460 e. The number of imidazole rings is 1. The summed E-state index contributed by atoms with van der Waals surface area (Å²) in [5.41, 5.74) is 0.490. The number of alkyl halides is 1. The Bertz CT molecular complexity index is 1580. The zero-order valence-corrected chi connectivity index (χ0v) is 24.4. The number of aromatic amines is 1. The van der Waals surface area contributed by atoms with Crippen molar-refractivity contribution in [2.75, 3.05) is 51.4 Å². The van der Waals surface area contributed by atoms with Gasteiger partial charge in [-0.25, -0.2) is 13.8 Å². The van der Waals surface area contributed by atoms with Gasteiger partial charge in [0.05, 0.1) is 28.3 Å². The van der Waals surface area contributed by atoms with Crippen molar-refractivity contribution in [1.82, 2.24) is 25.1 Å². The lowest BCUT2D eigenvalue weighted by Crippen LogP contribution is -2.54. The van der Waals surface area contributed by atoms with Crippen LogP contribution in [0.3, 0.4) is 0 Å². The minimum atomic E-state index is -1.38. The number of nitrogens with zero attached hydrogens (tertiary/aromatic N) is 3. The molecule has 2 saturated heterocycles. The number of hydrogen-bond donors (Lipinski definition) is 4. The van der Waals surface area contributed by atoms with Crippen molar-refractivity contribution in [1.29, 1.82) is 0 Å². The van der Waals surface area contributed by atoms with Gasteiger partial charge in [0.25, 0.3) is 11.8 Å². The summed E-state index contributed by atoms with van der Waals surface area (Å²) in [6.07, 6.45) is -0.144. The van der Waals surface area contributed by atoms with Gasteiger partial charge in [-0.1, -0.05) is 11.6 Å². The van der Waals surface area contributed by atoms with E-state index in [9.17, 15) is 32.7 Å². The summed E-state index contributed by atoms with van der Waals surface area (Å²) < 4.78 is 45.7. The summed E-state index contributed by atoms with van der Waals surface area (Å²) in [6, 6.07) is 6.61. The Hall–Kier alpha value is -4.14. The largest absolute Gasteiger partial charge is 0.460 e. The van der Waals surface area contributed by atoms with Crippen LogP contribution in [0.25, 0.3) is 11.3 Å². The van der Waals surface area contributed by atoms with E-state index in [1.807, 2.05) is 0 Å². The molecule has 3 amide bonds.